The monoisotopic (exact) mass is 290 g/mol. The normalized spacial score (nSPS) is 13.0. The zero-order valence-corrected chi connectivity index (χ0v) is 13.3. The van der Waals surface area contributed by atoms with Gasteiger partial charge in [0.1, 0.15) is 5.75 Å². The zero-order valence-electron chi connectivity index (χ0n) is 13.3. The van der Waals surface area contributed by atoms with Gasteiger partial charge in [0.2, 0.25) is 0 Å². The highest BCUT2D eigenvalue weighted by atomic mass is 16.5. The van der Waals surface area contributed by atoms with Crippen molar-refractivity contribution in [3.63, 3.8) is 0 Å². The molecule has 1 atom stereocenters. The molecule has 1 unspecified atom stereocenters. The van der Waals surface area contributed by atoms with Crippen molar-refractivity contribution in [2.75, 3.05) is 7.11 Å². The number of hydrogen-bond donors (Lipinski definition) is 1. The van der Waals surface area contributed by atoms with E-state index in [9.17, 15) is 9.90 Å². The minimum absolute atomic E-state index is 0.450. The number of hydrogen-bond acceptors (Lipinski definition) is 2. The van der Waals surface area contributed by atoms with Crippen LogP contribution in [0.3, 0.4) is 0 Å². The van der Waals surface area contributed by atoms with Gasteiger partial charge in [-0.2, -0.15) is 0 Å². The summed E-state index contributed by atoms with van der Waals surface area (Å²) in [5, 5.41) is 9.41. The number of methoxy groups -OCH3 is 1. The fourth-order valence-corrected chi connectivity index (χ4v) is 2.36. The Balaban J connectivity index is 2.83. The summed E-state index contributed by atoms with van der Waals surface area (Å²) in [6.07, 6.45) is 6.84. The molecular weight excluding hydrogens is 264 g/mol. The molecular formula is C18H26O3. The molecule has 21 heavy (non-hydrogen) atoms. The van der Waals surface area contributed by atoms with E-state index in [1.54, 1.807) is 13.2 Å². The number of aliphatic carboxylic acids is 1. The maximum Gasteiger partial charge on any atom is 0.331 e. The Morgan fingerprint density at radius 1 is 1.29 bits per heavy atom. The predicted molar refractivity (Wildman–Crippen MR) is 86.5 cm³/mol. The molecule has 1 N–H and O–H groups in total. The van der Waals surface area contributed by atoms with Gasteiger partial charge < -0.3 is 9.84 Å². The average molecular weight is 290 g/mol. The van der Waals surface area contributed by atoms with E-state index >= 15 is 0 Å². The van der Waals surface area contributed by atoms with Gasteiger partial charge in [0.05, 0.1) is 7.11 Å². The molecule has 0 saturated heterocycles. The van der Waals surface area contributed by atoms with Crippen molar-refractivity contribution in [3.05, 3.63) is 35.4 Å². The van der Waals surface area contributed by atoms with Crippen LogP contribution in [0.15, 0.2) is 29.8 Å². The second-order valence-electron chi connectivity index (χ2n) is 5.37. The van der Waals surface area contributed by atoms with E-state index < -0.39 is 5.97 Å². The van der Waals surface area contributed by atoms with Gasteiger partial charge >= 0.3 is 5.97 Å². The molecule has 116 valence electrons. The topological polar surface area (TPSA) is 46.5 Å². The Kier molecular flexibility index (Phi) is 7.59. The van der Waals surface area contributed by atoms with E-state index in [4.69, 9.17) is 4.74 Å². The Bertz CT molecular complexity index is 460. The number of benzene rings is 1. The Hall–Kier alpha value is -1.77. The summed E-state index contributed by atoms with van der Waals surface area (Å²) in [6, 6.07) is 7.46. The standard InChI is InChI=1S/C18H26O3/c1-4-6-7-14(5-2)12-16(18(19)20)13-15-8-10-17(21-3)11-9-15/h8-11,13-14H,4-7,12H2,1-3H3,(H,19,20). The summed E-state index contributed by atoms with van der Waals surface area (Å²) in [5.74, 6) is 0.407. The van der Waals surface area contributed by atoms with E-state index in [1.807, 2.05) is 24.3 Å². The Morgan fingerprint density at radius 3 is 2.43 bits per heavy atom. The van der Waals surface area contributed by atoms with E-state index in [0.29, 0.717) is 17.9 Å². The highest BCUT2D eigenvalue weighted by Crippen LogP contribution is 2.23. The lowest BCUT2D eigenvalue weighted by atomic mass is 9.91. The zero-order chi connectivity index (χ0) is 15.7. The van der Waals surface area contributed by atoms with Gasteiger partial charge in [0, 0.05) is 5.57 Å². The molecule has 1 rings (SSSR count). The molecule has 3 nitrogen and oxygen atoms in total. The van der Waals surface area contributed by atoms with Crippen molar-refractivity contribution in [2.45, 2.75) is 46.0 Å². The predicted octanol–water partition coefficient (Wildman–Crippen LogP) is 4.77. The average Bonchev–Trinajstić information content (AvgIpc) is 2.50. The summed E-state index contributed by atoms with van der Waals surface area (Å²) < 4.78 is 5.11. The van der Waals surface area contributed by atoms with Gasteiger partial charge in [0.15, 0.2) is 0 Å². The molecule has 0 radical (unpaired) electrons. The third kappa shape index (κ3) is 6.03. The number of carboxylic acid groups (broad SMARTS) is 1. The van der Waals surface area contributed by atoms with E-state index in [2.05, 4.69) is 13.8 Å². The minimum Gasteiger partial charge on any atom is -0.497 e. The summed E-state index contributed by atoms with van der Waals surface area (Å²) >= 11 is 0. The van der Waals surface area contributed by atoms with Gasteiger partial charge in [-0.1, -0.05) is 51.7 Å². The lowest BCUT2D eigenvalue weighted by molar-refractivity contribution is -0.132. The molecule has 1 aromatic carbocycles. The highest BCUT2D eigenvalue weighted by molar-refractivity contribution is 5.92. The fraction of sp³-hybridized carbons (Fsp3) is 0.500. The molecule has 0 saturated carbocycles. The molecule has 0 fully saturated rings. The first-order valence-electron chi connectivity index (χ1n) is 7.68. The quantitative estimate of drug-likeness (QED) is 0.666. The largest absolute Gasteiger partial charge is 0.497 e. The van der Waals surface area contributed by atoms with E-state index in [0.717, 1.165) is 37.0 Å². The third-order valence-corrected chi connectivity index (χ3v) is 3.78. The number of rotatable bonds is 9. The molecule has 3 heteroatoms. The van der Waals surface area contributed by atoms with Crippen LogP contribution in [0.2, 0.25) is 0 Å². The maximum absolute atomic E-state index is 11.5. The van der Waals surface area contributed by atoms with Crippen LogP contribution in [-0.4, -0.2) is 18.2 Å². The van der Waals surface area contributed by atoms with Gasteiger partial charge in [-0.3, -0.25) is 0 Å². The molecule has 0 aliphatic heterocycles. The molecule has 0 heterocycles. The van der Waals surface area contributed by atoms with Gasteiger partial charge in [0.25, 0.3) is 0 Å². The van der Waals surface area contributed by atoms with Crippen LogP contribution in [0.1, 0.15) is 51.5 Å². The van der Waals surface area contributed by atoms with Crippen molar-refractivity contribution in [1.29, 1.82) is 0 Å². The second-order valence-corrected chi connectivity index (χ2v) is 5.37. The van der Waals surface area contributed by atoms with Gasteiger partial charge in [-0.15, -0.1) is 0 Å². The van der Waals surface area contributed by atoms with Crippen LogP contribution in [0.5, 0.6) is 5.75 Å². The Labute approximate surface area is 127 Å². The lowest BCUT2D eigenvalue weighted by Gasteiger charge is -2.14. The Morgan fingerprint density at radius 2 is 1.95 bits per heavy atom. The van der Waals surface area contributed by atoms with Crippen LogP contribution in [0.25, 0.3) is 6.08 Å². The number of carbonyl (C=O) groups is 1. The summed E-state index contributed by atoms with van der Waals surface area (Å²) in [7, 11) is 1.62. The van der Waals surface area contributed by atoms with Gasteiger partial charge in [-0.25, -0.2) is 4.79 Å². The number of unbranched alkanes of at least 4 members (excludes halogenated alkanes) is 1. The van der Waals surface area contributed by atoms with E-state index in [1.165, 1.54) is 0 Å². The highest BCUT2D eigenvalue weighted by Gasteiger charge is 2.14. The van der Waals surface area contributed by atoms with Crippen LogP contribution in [0.4, 0.5) is 0 Å². The van der Waals surface area contributed by atoms with Crippen LogP contribution < -0.4 is 4.74 Å². The first kappa shape index (κ1) is 17.3. The summed E-state index contributed by atoms with van der Waals surface area (Å²) in [4.78, 5) is 11.5. The third-order valence-electron chi connectivity index (χ3n) is 3.78. The molecule has 0 amide bonds. The van der Waals surface area contributed by atoms with Gasteiger partial charge in [-0.05, 0) is 36.1 Å². The van der Waals surface area contributed by atoms with Crippen LogP contribution in [-0.2, 0) is 4.79 Å². The van der Waals surface area contributed by atoms with Crippen molar-refractivity contribution >= 4 is 12.0 Å². The maximum atomic E-state index is 11.5. The van der Waals surface area contributed by atoms with Crippen LogP contribution >= 0.6 is 0 Å². The summed E-state index contributed by atoms with van der Waals surface area (Å²) in [5.41, 5.74) is 1.39. The van der Waals surface area contributed by atoms with E-state index in [-0.39, 0.29) is 0 Å². The lowest BCUT2D eigenvalue weighted by Crippen LogP contribution is -2.08. The van der Waals surface area contributed by atoms with Crippen molar-refractivity contribution < 1.29 is 14.6 Å². The molecule has 1 aromatic rings. The number of carboxylic acids is 1. The van der Waals surface area contributed by atoms with Crippen molar-refractivity contribution in [2.24, 2.45) is 5.92 Å². The molecule has 0 aromatic heterocycles. The molecule has 0 spiro atoms. The van der Waals surface area contributed by atoms with Crippen molar-refractivity contribution in [3.8, 4) is 5.75 Å². The second kappa shape index (κ2) is 9.22. The molecule has 0 aliphatic carbocycles. The van der Waals surface area contributed by atoms with Crippen molar-refractivity contribution in [1.82, 2.24) is 0 Å². The fourth-order valence-electron chi connectivity index (χ4n) is 2.36. The first-order chi connectivity index (χ1) is 10.1. The minimum atomic E-state index is -0.819. The molecule has 0 aliphatic rings. The first-order valence-corrected chi connectivity index (χ1v) is 7.68. The smallest absolute Gasteiger partial charge is 0.331 e. The summed E-state index contributed by atoms with van der Waals surface area (Å²) in [6.45, 7) is 4.30. The SMILES string of the molecule is CCCCC(CC)CC(=Cc1ccc(OC)cc1)C(=O)O. The molecule has 0 bridgehead atoms. The number of ether oxygens (including phenoxy) is 1. The van der Waals surface area contributed by atoms with Crippen LogP contribution in [0, 0.1) is 5.92 Å².